The van der Waals surface area contributed by atoms with Gasteiger partial charge in [-0.3, -0.25) is 4.79 Å². The topological polar surface area (TPSA) is 49.3 Å². The fourth-order valence-corrected chi connectivity index (χ4v) is 2.95. The second-order valence-electron chi connectivity index (χ2n) is 4.13. The van der Waals surface area contributed by atoms with E-state index in [0.29, 0.717) is 5.69 Å². The van der Waals surface area contributed by atoms with Gasteiger partial charge in [-0.1, -0.05) is 37.9 Å². The van der Waals surface area contributed by atoms with E-state index < -0.39 is 0 Å². The minimum Gasteiger partial charge on any atom is -0.507 e. The Hall–Kier alpha value is -1.33. The van der Waals surface area contributed by atoms with E-state index in [4.69, 9.17) is 0 Å². The second-order valence-corrected chi connectivity index (χ2v) is 5.96. The summed E-state index contributed by atoms with van der Waals surface area (Å²) in [5, 5.41) is 12.5. The van der Waals surface area contributed by atoms with Crippen LogP contribution < -0.4 is 5.32 Å². The summed E-state index contributed by atoms with van der Waals surface area (Å²) < 4.78 is 1.70. The van der Waals surface area contributed by atoms with E-state index in [1.165, 1.54) is 0 Å². The van der Waals surface area contributed by atoms with Crippen LogP contribution in [-0.4, -0.2) is 11.0 Å². The van der Waals surface area contributed by atoms with E-state index in [1.54, 1.807) is 30.3 Å². The molecule has 0 radical (unpaired) electrons. The maximum atomic E-state index is 12.1. The van der Waals surface area contributed by atoms with Gasteiger partial charge in [-0.15, -0.1) is 0 Å². The lowest BCUT2D eigenvalue weighted by atomic mass is 10.1. The predicted molar refractivity (Wildman–Crippen MR) is 82.6 cm³/mol. The maximum absolute atomic E-state index is 12.1. The number of hydrogen-bond donors (Lipinski definition) is 2. The van der Waals surface area contributed by atoms with Crippen LogP contribution in [0.25, 0.3) is 0 Å². The summed E-state index contributed by atoms with van der Waals surface area (Å²) >= 11 is 6.70. The van der Waals surface area contributed by atoms with Gasteiger partial charge in [0.1, 0.15) is 5.75 Å². The fourth-order valence-electron chi connectivity index (χ4n) is 1.66. The fraction of sp³-hybridized carbons (Fsp3) is 0.0714. The van der Waals surface area contributed by atoms with Gasteiger partial charge in [-0.05, 0) is 42.8 Å². The van der Waals surface area contributed by atoms with Crippen LogP contribution in [0, 0.1) is 6.92 Å². The molecule has 0 spiro atoms. The summed E-state index contributed by atoms with van der Waals surface area (Å²) in [7, 11) is 0. The van der Waals surface area contributed by atoms with E-state index in [9.17, 15) is 9.90 Å². The molecule has 0 unspecified atom stereocenters. The molecule has 0 saturated heterocycles. The van der Waals surface area contributed by atoms with Crippen LogP contribution in [0.2, 0.25) is 0 Å². The highest BCUT2D eigenvalue weighted by Gasteiger charge is 2.11. The lowest BCUT2D eigenvalue weighted by Gasteiger charge is -2.08. The zero-order valence-electron chi connectivity index (χ0n) is 10.1. The van der Waals surface area contributed by atoms with Gasteiger partial charge >= 0.3 is 0 Å². The van der Waals surface area contributed by atoms with Crippen molar-refractivity contribution in [2.45, 2.75) is 6.92 Å². The van der Waals surface area contributed by atoms with E-state index in [0.717, 1.165) is 14.5 Å². The van der Waals surface area contributed by atoms with Gasteiger partial charge in [0.15, 0.2) is 0 Å². The van der Waals surface area contributed by atoms with Crippen molar-refractivity contribution < 1.29 is 9.90 Å². The van der Waals surface area contributed by atoms with Crippen LogP contribution in [0.1, 0.15) is 15.9 Å². The lowest BCUT2D eigenvalue weighted by molar-refractivity contribution is 0.102. The minimum absolute atomic E-state index is 0.0217. The molecule has 0 bridgehead atoms. The SMILES string of the molecule is Cc1ccc(C(=O)Nc2cc(Br)cc(Br)c2)c(O)c1. The molecule has 0 atom stereocenters. The molecule has 0 aliphatic carbocycles. The first-order valence-corrected chi connectivity index (χ1v) is 7.11. The molecule has 3 nitrogen and oxygen atoms in total. The third-order valence-electron chi connectivity index (χ3n) is 2.52. The average molecular weight is 385 g/mol. The molecule has 0 aliphatic rings. The van der Waals surface area contributed by atoms with Crippen molar-refractivity contribution in [3.63, 3.8) is 0 Å². The van der Waals surface area contributed by atoms with Gasteiger partial charge < -0.3 is 10.4 Å². The summed E-state index contributed by atoms with van der Waals surface area (Å²) in [6.45, 7) is 1.85. The van der Waals surface area contributed by atoms with Gasteiger partial charge in [0.2, 0.25) is 0 Å². The number of carbonyl (C=O) groups is 1. The molecule has 1 amide bonds. The number of anilines is 1. The Morgan fingerprint density at radius 2 is 1.74 bits per heavy atom. The molecule has 0 heterocycles. The van der Waals surface area contributed by atoms with E-state index in [1.807, 2.05) is 13.0 Å². The number of hydrogen-bond acceptors (Lipinski definition) is 2. The number of phenolic OH excluding ortho intramolecular Hbond substituents is 1. The molecular formula is C14H11Br2NO2. The molecule has 0 aromatic heterocycles. The number of amides is 1. The van der Waals surface area contributed by atoms with Gasteiger partial charge in [0, 0.05) is 14.6 Å². The van der Waals surface area contributed by atoms with Crippen LogP contribution in [0.3, 0.4) is 0 Å². The Morgan fingerprint density at radius 1 is 1.11 bits per heavy atom. The molecule has 2 aromatic rings. The molecule has 0 saturated carbocycles. The van der Waals surface area contributed by atoms with Crippen molar-refractivity contribution in [1.29, 1.82) is 0 Å². The summed E-state index contributed by atoms with van der Waals surface area (Å²) in [5.74, 6) is -0.367. The summed E-state index contributed by atoms with van der Waals surface area (Å²) in [4.78, 5) is 12.1. The van der Waals surface area contributed by atoms with Crippen molar-refractivity contribution in [1.82, 2.24) is 0 Å². The molecule has 2 rings (SSSR count). The number of halogens is 2. The molecule has 98 valence electrons. The molecule has 2 aromatic carbocycles. The number of nitrogens with one attached hydrogen (secondary N) is 1. The number of rotatable bonds is 2. The van der Waals surface area contributed by atoms with Gasteiger partial charge in [-0.2, -0.15) is 0 Å². The Balaban J connectivity index is 2.25. The number of benzene rings is 2. The van der Waals surface area contributed by atoms with Crippen molar-refractivity contribution in [3.05, 3.63) is 56.5 Å². The van der Waals surface area contributed by atoms with Crippen molar-refractivity contribution in [3.8, 4) is 5.75 Å². The number of carbonyl (C=O) groups excluding carboxylic acids is 1. The molecule has 19 heavy (non-hydrogen) atoms. The molecule has 2 N–H and O–H groups in total. The van der Waals surface area contributed by atoms with Gasteiger partial charge in [0.05, 0.1) is 5.56 Å². The molecule has 5 heteroatoms. The normalized spacial score (nSPS) is 10.3. The minimum atomic E-state index is -0.345. The van der Waals surface area contributed by atoms with Crippen LogP contribution in [0.4, 0.5) is 5.69 Å². The summed E-state index contributed by atoms with van der Waals surface area (Å²) in [5.41, 5.74) is 1.80. The molecular weight excluding hydrogens is 374 g/mol. The van der Waals surface area contributed by atoms with E-state index in [-0.39, 0.29) is 17.2 Å². The van der Waals surface area contributed by atoms with Crippen molar-refractivity contribution in [2.75, 3.05) is 5.32 Å². The van der Waals surface area contributed by atoms with Gasteiger partial charge in [-0.25, -0.2) is 0 Å². The van der Waals surface area contributed by atoms with Crippen molar-refractivity contribution >= 4 is 43.5 Å². The number of aryl methyl sites for hydroxylation is 1. The zero-order chi connectivity index (χ0) is 14.0. The Labute approximate surface area is 127 Å². The Kier molecular flexibility index (Phi) is 4.27. The highest BCUT2D eigenvalue weighted by atomic mass is 79.9. The smallest absolute Gasteiger partial charge is 0.259 e. The quantitative estimate of drug-likeness (QED) is 0.801. The maximum Gasteiger partial charge on any atom is 0.259 e. The Bertz CT molecular complexity index is 621. The second kappa shape index (κ2) is 5.75. The van der Waals surface area contributed by atoms with E-state index >= 15 is 0 Å². The van der Waals surface area contributed by atoms with Crippen LogP contribution in [0.5, 0.6) is 5.75 Å². The standard InChI is InChI=1S/C14H11Br2NO2/c1-8-2-3-12(13(18)4-8)14(19)17-11-6-9(15)5-10(16)7-11/h2-7,18H,1H3,(H,17,19). The first-order valence-electron chi connectivity index (χ1n) is 5.53. The summed E-state index contributed by atoms with van der Waals surface area (Å²) in [6.07, 6.45) is 0. The highest BCUT2D eigenvalue weighted by Crippen LogP contribution is 2.25. The first-order chi connectivity index (χ1) is 8.95. The van der Waals surface area contributed by atoms with Crippen molar-refractivity contribution in [2.24, 2.45) is 0 Å². The predicted octanol–water partition coefficient (Wildman–Crippen LogP) is 4.48. The Morgan fingerprint density at radius 3 is 2.32 bits per heavy atom. The van der Waals surface area contributed by atoms with Crippen LogP contribution in [-0.2, 0) is 0 Å². The monoisotopic (exact) mass is 383 g/mol. The lowest BCUT2D eigenvalue weighted by Crippen LogP contribution is -2.12. The van der Waals surface area contributed by atoms with E-state index in [2.05, 4.69) is 37.2 Å². The number of aromatic hydroxyl groups is 1. The number of phenols is 1. The van der Waals surface area contributed by atoms with Gasteiger partial charge in [0.25, 0.3) is 5.91 Å². The third kappa shape index (κ3) is 3.58. The molecule has 0 aliphatic heterocycles. The van der Waals surface area contributed by atoms with Crippen LogP contribution in [0.15, 0.2) is 45.3 Å². The highest BCUT2D eigenvalue weighted by molar-refractivity contribution is 9.11. The zero-order valence-corrected chi connectivity index (χ0v) is 13.2. The largest absolute Gasteiger partial charge is 0.507 e. The third-order valence-corrected chi connectivity index (χ3v) is 3.43. The average Bonchev–Trinajstić information content (AvgIpc) is 2.26. The first kappa shape index (κ1) is 14.1. The molecule has 0 fully saturated rings. The summed E-state index contributed by atoms with van der Waals surface area (Å²) in [6, 6.07) is 10.4. The van der Waals surface area contributed by atoms with Crippen LogP contribution >= 0.6 is 31.9 Å².